The molecule has 0 spiro atoms. The number of allylic oxidation sites excluding steroid dienone is 1. The van der Waals surface area contributed by atoms with Gasteiger partial charge in [0.2, 0.25) is 0 Å². The van der Waals surface area contributed by atoms with Gasteiger partial charge >= 0.3 is 0 Å². The molecule has 1 heterocycles. The Labute approximate surface area is 94.1 Å². The molecule has 0 amide bonds. The summed E-state index contributed by atoms with van der Waals surface area (Å²) in [6.45, 7) is 10.1. The van der Waals surface area contributed by atoms with E-state index in [4.69, 9.17) is 4.74 Å². The van der Waals surface area contributed by atoms with E-state index in [1.165, 1.54) is 19.3 Å². The molecule has 2 nitrogen and oxygen atoms in total. The van der Waals surface area contributed by atoms with Gasteiger partial charge in [0.15, 0.2) is 0 Å². The summed E-state index contributed by atoms with van der Waals surface area (Å²) in [5, 5.41) is 3.59. The molecule has 1 aliphatic heterocycles. The summed E-state index contributed by atoms with van der Waals surface area (Å²) in [6, 6.07) is 0.639. The molecule has 0 saturated carbocycles. The second-order valence-electron chi connectivity index (χ2n) is 4.52. The third-order valence-electron chi connectivity index (χ3n) is 3.19. The molecule has 2 heteroatoms. The first kappa shape index (κ1) is 12.7. The van der Waals surface area contributed by atoms with Crippen molar-refractivity contribution >= 4 is 0 Å². The van der Waals surface area contributed by atoms with Gasteiger partial charge in [0.1, 0.15) is 0 Å². The van der Waals surface area contributed by atoms with E-state index in [0.29, 0.717) is 18.1 Å². The molecular weight excluding hydrogens is 186 g/mol. The average Bonchev–Trinajstić information content (AvgIpc) is 2.64. The maximum absolute atomic E-state index is 5.64. The molecule has 1 rings (SSSR count). The van der Waals surface area contributed by atoms with Crippen molar-refractivity contribution in [2.24, 2.45) is 5.92 Å². The highest BCUT2D eigenvalue weighted by Gasteiger charge is 2.28. The van der Waals surface area contributed by atoms with Crippen LogP contribution in [0.15, 0.2) is 12.7 Å². The first-order valence-corrected chi connectivity index (χ1v) is 6.23. The van der Waals surface area contributed by atoms with E-state index in [1.54, 1.807) is 0 Å². The third-order valence-corrected chi connectivity index (χ3v) is 3.19. The Balaban J connectivity index is 2.31. The molecule has 0 aromatic heterocycles. The van der Waals surface area contributed by atoms with Crippen LogP contribution < -0.4 is 5.32 Å². The summed E-state index contributed by atoms with van der Waals surface area (Å²) in [5.41, 5.74) is 0. The van der Waals surface area contributed by atoms with Crippen molar-refractivity contribution in [2.45, 2.75) is 51.7 Å². The Hall–Kier alpha value is -0.340. The van der Waals surface area contributed by atoms with Crippen molar-refractivity contribution in [3.05, 3.63) is 12.7 Å². The highest BCUT2D eigenvalue weighted by molar-refractivity contribution is 4.82. The van der Waals surface area contributed by atoms with Crippen LogP contribution in [0.25, 0.3) is 0 Å². The van der Waals surface area contributed by atoms with E-state index in [2.05, 4.69) is 25.7 Å². The van der Waals surface area contributed by atoms with Gasteiger partial charge in [0.25, 0.3) is 0 Å². The Morgan fingerprint density at radius 1 is 1.60 bits per heavy atom. The molecule has 0 bridgehead atoms. The minimum absolute atomic E-state index is 0.454. The topological polar surface area (TPSA) is 21.3 Å². The smallest absolute Gasteiger partial charge is 0.0551 e. The van der Waals surface area contributed by atoms with Crippen LogP contribution in [0, 0.1) is 5.92 Å². The van der Waals surface area contributed by atoms with Gasteiger partial charge in [-0.3, -0.25) is 0 Å². The van der Waals surface area contributed by atoms with Crippen LogP contribution in [0.3, 0.4) is 0 Å². The van der Waals surface area contributed by atoms with Crippen molar-refractivity contribution < 1.29 is 4.74 Å². The van der Waals surface area contributed by atoms with Crippen molar-refractivity contribution in [3.8, 4) is 0 Å². The molecule has 1 aliphatic rings. The Bertz CT molecular complexity index is 181. The Morgan fingerprint density at radius 2 is 2.40 bits per heavy atom. The van der Waals surface area contributed by atoms with Crippen LogP contribution in [-0.4, -0.2) is 25.3 Å². The highest BCUT2D eigenvalue weighted by Crippen LogP contribution is 2.24. The summed E-state index contributed by atoms with van der Waals surface area (Å²) >= 11 is 0. The molecule has 1 N–H and O–H groups in total. The van der Waals surface area contributed by atoms with Gasteiger partial charge in [0, 0.05) is 12.0 Å². The van der Waals surface area contributed by atoms with E-state index >= 15 is 0 Å². The number of rotatable bonds is 7. The first-order chi connectivity index (χ1) is 7.27. The quantitative estimate of drug-likeness (QED) is 0.516. The number of nitrogens with one attached hydrogen (secondary N) is 1. The maximum atomic E-state index is 5.64. The monoisotopic (exact) mass is 211 g/mol. The lowest BCUT2D eigenvalue weighted by Gasteiger charge is -2.23. The molecule has 3 unspecified atom stereocenters. The summed E-state index contributed by atoms with van der Waals surface area (Å²) < 4.78 is 5.64. The predicted octanol–water partition coefficient (Wildman–Crippen LogP) is 2.75. The third kappa shape index (κ3) is 4.35. The minimum atomic E-state index is 0.454. The minimum Gasteiger partial charge on any atom is -0.378 e. The number of hydrogen-bond acceptors (Lipinski definition) is 2. The summed E-state index contributed by atoms with van der Waals surface area (Å²) in [6.07, 6.45) is 7.30. The second-order valence-corrected chi connectivity index (χ2v) is 4.52. The molecule has 1 saturated heterocycles. The van der Waals surface area contributed by atoms with Crippen LogP contribution in [0.1, 0.15) is 39.5 Å². The fraction of sp³-hybridized carbons (Fsp3) is 0.846. The van der Waals surface area contributed by atoms with Gasteiger partial charge in [-0.15, -0.1) is 6.58 Å². The number of unbranched alkanes of at least 4 members (excludes halogenated alkanes) is 1. The first-order valence-electron chi connectivity index (χ1n) is 6.23. The predicted molar refractivity (Wildman–Crippen MR) is 65.0 cm³/mol. The molecule has 0 aromatic rings. The SMILES string of the molecule is C=CCCCC(NCC)C1COC(C)C1. The van der Waals surface area contributed by atoms with Gasteiger partial charge in [-0.05, 0) is 39.2 Å². The van der Waals surface area contributed by atoms with Crippen molar-refractivity contribution in [1.29, 1.82) is 0 Å². The normalized spacial score (nSPS) is 27.9. The van der Waals surface area contributed by atoms with Crippen molar-refractivity contribution in [3.63, 3.8) is 0 Å². The van der Waals surface area contributed by atoms with E-state index < -0.39 is 0 Å². The van der Waals surface area contributed by atoms with Crippen LogP contribution in [-0.2, 0) is 4.74 Å². The maximum Gasteiger partial charge on any atom is 0.0551 e. The zero-order valence-electron chi connectivity index (χ0n) is 10.2. The lowest BCUT2D eigenvalue weighted by Crippen LogP contribution is -2.36. The lowest BCUT2D eigenvalue weighted by atomic mass is 9.92. The molecule has 0 aromatic carbocycles. The standard InChI is InChI=1S/C13H25NO/c1-4-6-7-8-13(14-5-2)12-9-11(3)15-10-12/h4,11-14H,1,5-10H2,2-3H3. The van der Waals surface area contributed by atoms with Crippen molar-refractivity contribution in [2.75, 3.05) is 13.2 Å². The number of ether oxygens (including phenoxy) is 1. The van der Waals surface area contributed by atoms with E-state index in [1.807, 2.05) is 6.08 Å². The average molecular weight is 211 g/mol. The molecule has 88 valence electrons. The molecule has 0 radical (unpaired) electrons. The summed E-state index contributed by atoms with van der Waals surface area (Å²) in [5.74, 6) is 0.713. The fourth-order valence-electron chi connectivity index (χ4n) is 2.38. The van der Waals surface area contributed by atoms with Gasteiger partial charge in [-0.25, -0.2) is 0 Å². The van der Waals surface area contributed by atoms with E-state index in [0.717, 1.165) is 19.6 Å². The zero-order valence-corrected chi connectivity index (χ0v) is 10.2. The van der Waals surface area contributed by atoms with Crippen LogP contribution in [0.4, 0.5) is 0 Å². The second kappa shape index (κ2) is 7.02. The molecule has 3 atom stereocenters. The molecule has 1 fully saturated rings. The van der Waals surface area contributed by atoms with Crippen molar-refractivity contribution in [1.82, 2.24) is 5.32 Å². The lowest BCUT2D eigenvalue weighted by molar-refractivity contribution is 0.116. The largest absolute Gasteiger partial charge is 0.378 e. The molecule has 15 heavy (non-hydrogen) atoms. The van der Waals surface area contributed by atoms with Gasteiger partial charge < -0.3 is 10.1 Å². The van der Waals surface area contributed by atoms with Crippen LogP contribution in [0.5, 0.6) is 0 Å². The van der Waals surface area contributed by atoms with Crippen LogP contribution >= 0.6 is 0 Å². The van der Waals surface area contributed by atoms with Gasteiger partial charge in [0.05, 0.1) is 12.7 Å². The van der Waals surface area contributed by atoms with Gasteiger partial charge in [-0.2, -0.15) is 0 Å². The summed E-state index contributed by atoms with van der Waals surface area (Å²) in [4.78, 5) is 0. The molecule has 0 aliphatic carbocycles. The highest BCUT2D eigenvalue weighted by atomic mass is 16.5. The fourth-order valence-corrected chi connectivity index (χ4v) is 2.38. The van der Waals surface area contributed by atoms with Gasteiger partial charge in [-0.1, -0.05) is 13.0 Å². The summed E-state index contributed by atoms with van der Waals surface area (Å²) in [7, 11) is 0. The van der Waals surface area contributed by atoms with Crippen LogP contribution in [0.2, 0.25) is 0 Å². The zero-order chi connectivity index (χ0) is 11.1. The Kier molecular flexibility index (Phi) is 5.96. The number of hydrogen-bond donors (Lipinski definition) is 1. The molecular formula is C13H25NO. The van der Waals surface area contributed by atoms with E-state index in [9.17, 15) is 0 Å². The van der Waals surface area contributed by atoms with E-state index in [-0.39, 0.29) is 0 Å². The Morgan fingerprint density at radius 3 is 2.93 bits per heavy atom.